The molecular weight excluding hydrogens is 244 g/mol. The van der Waals surface area contributed by atoms with E-state index >= 15 is 0 Å². The minimum absolute atomic E-state index is 0.502. The molecule has 3 unspecified atom stereocenters. The van der Waals surface area contributed by atoms with Gasteiger partial charge >= 0.3 is 0 Å². The summed E-state index contributed by atoms with van der Waals surface area (Å²) in [6, 6.07) is 0.790. The Morgan fingerprint density at radius 2 is 1.85 bits per heavy atom. The highest BCUT2D eigenvalue weighted by atomic mass is 15.1. The van der Waals surface area contributed by atoms with Crippen LogP contribution < -0.4 is 5.32 Å². The van der Waals surface area contributed by atoms with E-state index in [0.717, 1.165) is 17.9 Å². The maximum atomic E-state index is 3.89. The molecule has 20 heavy (non-hydrogen) atoms. The molecule has 0 amide bonds. The van der Waals surface area contributed by atoms with E-state index in [0.29, 0.717) is 5.41 Å². The fraction of sp³-hybridized carbons (Fsp3) is 1.00. The standard InChI is InChI=1S/C18H36N2/c1-5-20-12-11-15(14-20)13-19-17-8-6-7-16(9-10-17)18(2,3)4/h15-17,19H,5-14H2,1-4H3. The summed E-state index contributed by atoms with van der Waals surface area (Å²) in [5.74, 6) is 1.83. The van der Waals surface area contributed by atoms with Crippen molar-refractivity contribution in [3.05, 3.63) is 0 Å². The van der Waals surface area contributed by atoms with Crippen molar-refractivity contribution in [2.24, 2.45) is 17.3 Å². The molecule has 0 aromatic rings. The molecule has 3 atom stereocenters. The zero-order chi connectivity index (χ0) is 14.6. The normalized spacial score (nSPS) is 33.3. The zero-order valence-electron chi connectivity index (χ0n) is 14.3. The first-order chi connectivity index (χ1) is 9.49. The van der Waals surface area contributed by atoms with Crippen LogP contribution in [0, 0.1) is 17.3 Å². The zero-order valence-corrected chi connectivity index (χ0v) is 14.3. The quantitative estimate of drug-likeness (QED) is 0.785. The molecule has 2 nitrogen and oxygen atoms in total. The molecule has 2 fully saturated rings. The molecular formula is C18H36N2. The number of rotatable bonds is 4. The fourth-order valence-electron chi connectivity index (χ4n) is 4.07. The topological polar surface area (TPSA) is 15.3 Å². The maximum Gasteiger partial charge on any atom is 0.00672 e. The second-order valence-corrected chi connectivity index (χ2v) is 8.22. The van der Waals surface area contributed by atoms with Crippen LogP contribution in [0.15, 0.2) is 0 Å². The van der Waals surface area contributed by atoms with Crippen molar-refractivity contribution in [1.82, 2.24) is 10.2 Å². The summed E-state index contributed by atoms with van der Waals surface area (Å²) in [5.41, 5.74) is 0.502. The third-order valence-corrected chi connectivity index (χ3v) is 5.71. The highest BCUT2D eigenvalue weighted by Gasteiger charge is 2.28. The Balaban J connectivity index is 1.69. The Kier molecular flexibility index (Phi) is 5.92. The third kappa shape index (κ3) is 4.73. The minimum Gasteiger partial charge on any atom is -0.314 e. The Labute approximate surface area is 126 Å². The molecule has 0 radical (unpaired) electrons. The summed E-state index contributed by atoms with van der Waals surface area (Å²) in [6.07, 6.45) is 8.48. The van der Waals surface area contributed by atoms with Gasteiger partial charge in [0.05, 0.1) is 0 Å². The van der Waals surface area contributed by atoms with Crippen LogP contribution in [0.3, 0.4) is 0 Å². The summed E-state index contributed by atoms with van der Waals surface area (Å²) in [5, 5.41) is 3.89. The molecule has 2 rings (SSSR count). The van der Waals surface area contributed by atoms with Gasteiger partial charge in [-0.05, 0) is 69.0 Å². The van der Waals surface area contributed by atoms with E-state index in [1.807, 2.05) is 0 Å². The first-order valence-electron chi connectivity index (χ1n) is 8.94. The molecule has 1 saturated heterocycles. The van der Waals surface area contributed by atoms with E-state index in [1.54, 1.807) is 0 Å². The predicted molar refractivity (Wildman–Crippen MR) is 88.0 cm³/mol. The highest BCUT2D eigenvalue weighted by Crippen LogP contribution is 2.36. The first-order valence-corrected chi connectivity index (χ1v) is 8.94. The summed E-state index contributed by atoms with van der Waals surface area (Å²) in [4.78, 5) is 2.59. The van der Waals surface area contributed by atoms with Crippen LogP contribution in [0.25, 0.3) is 0 Å². The summed E-state index contributed by atoms with van der Waals surface area (Å²) in [7, 11) is 0. The van der Waals surface area contributed by atoms with Crippen LogP contribution in [0.5, 0.6) is 0 Å². The van der Waals surface area contributed by atoms with Gasteiger partial charge in [0.2, 0.25) is 0 Å². The van der Waals surface area contributed by atoms with Crippen molar-refractivity contribution in [1.29, 1.82) is 0 Å². The van der Waals surface area contributed by atoms with Crippen molar-refractivity contribution in [3.8, 4) is 0 Å². The van der Waals surface area contributed by atoms with E-state index in [-0.39, 0.29) is 0 Å². The van der Waals surface area contributed by atoms with Gasteiger partial charge in [0.1, 0.15) is 0 Å². The first kappa shape index (κ1) is 16.3. The molecule has 1 aliphatic heterocycles. The molecule has 0 aromatic carbocycles. The van der Waals surface area contributed by atoms with E-state index in [4.69, 9.17) is 0 Å². The molecule has 0 bridgehead atoms. The third-order valence-electron chi connectivity index (χ3n) is 5.71. The molecule has 2 aliphatic rings. The van der Waals surface area contributed by atoms with Gasteiger partial charge in [-0.3, -0.25) is 0 Å². The summed E-state index contributed by atoms with van der Waals surface area (Å²) >= 11 is 0. The van der Waals surface area contributed by atoms with Gasteiger partial charge in [-0.25, -0.2) is 0 Å². The Hall–Kier alpha value is -0.0800. The van der Waals surface area contributed by atoms with Crippen LogP contribution in [0.4, 0.5) is 0 Å². The monoisotopic (exact) mass is 280 g/mol. The smallest absolute Gasteiger partial charge is 0.00672 e. The number of nitrogens with zero attached hydrogens (tertiary/aromatic N) is 1. The fourth-order valence-corrected chi connectivity index (χ4v) is 4.07. The molecule has 0 aromatic heterocycles. The van der Waals surface area contributed by atoms with Crippen LogP contribution in [0.2, 0.25) is 0 Å². The van der Waals surface area contributed by atoms with Gasteiger partial charge < -0.3 is 10.2 Å². The van der Waals surface area contributed by atoms with Crippen molar-refractivity contribution in [2.75, 3.05) is 26.2 Å². The van der Waals surface area contributed by atoms with E-state index in [2.05, 4.69) is 37.9 Å². The molecule has 1 aliphatic carbocycles. The molecule has 118 valence electrons. The van der Waals surface area contributed by atoms with E-state index < -0.39 is 0 Å². The Morgan fingerprint density at radius 3 is 2.50 bits per heavy atom. The molecule has 0 spiro atoms. The van der Waals surface area contributed by atoms with E-state index in [1.165, 1.54) is 64.7 Å². The largest absolute Gasteiger partial charge is 0.314 e. The molecule has 1 N–H and O–H groups in total. The Bertz CT molecular complexity index is 282. The van der Waals surface area contributed by atoms with Gasteiger partial charge in [0, 0.05) is 12.6 Å². The van der Waals surface area contributed by atoms with Crippen molar-refractivity contribution < 1.29 is 0 Å². The minimum atomic E-state index is 0.502. The van der Waals surface area contributed by atoms with Crippen LogP contribution in [-0.2, 0) is 0 Å². The van der Waals surface area contributed by atoms with E-state index in [9.17, 15) is 0 Å². The van der Waals surface area contributed by atoms with Crippen LogP contribution >= 0.6 is 0 Å². The van der Waals surface area contributed by atoms with Gasteiger partial charge in [-0.1, -0.05) is 34.1 Å². The predicted octanol–water partition coefficient (Wildman–Crippen LogP) is 3.91. The summed E-state index contributed by atoms with van der Waals surface area (Å²) in [6.45, 7) is 14.7. The highest BCUT2D eigenvalue weighted by molar-refractivity contribution is 4.83. The second kappa shape index (κ2) is 7.26. The van der Waals surface area contributed by atoms with Gasteiger partial charge in [0.15, 0.2) is 0 Å². The average molecular weight is 280 g/mol. The van der Waals surface area contributed by atoms with Crippen LogP contribution in [-0.4, -0.2) is 37.1 Å². The number of likely N-dealkylation sites (tertiary alicyclic amines) is 1. The van der Waals surface area contributed by atoms with Gasteiger partial charge in [-0.2, -0.15) is 0 Å². The maximum absolute atomic E-state index is 3.89. The average Bonchev–Trinajstić information content (AvgIpc) is 2.71. The summed E-state index contributed by atoms with van der Waals surface area (Å²) < 4.78 is 0. The number of nitrogens with one attached hydrogen (secondary N) is 1. The Morgan fingerprint density at radius 1 is 1.05 bits per heavy atom. The van der Waals surface area contributed by atoms with Crippen LogP contribution in [0.1, 0.15) is 66.2 Å². The molecule has 1 saturated carbocycles. The van der Waals surface area contributed by atoms with Crippen molar-refractivity contribution >= 4 is 0 Å². The lowest BCUT2D eigenvalue weighted by molar-refractivity contribution is 0.213. The molecule has 1 heterocycles. The van der Waals surface area contributed by atoms with Crippen molar-refractivity contribution in [3.63, 3.8) is 0 Å². The molecule has 2 heteroatoms. The van der Waals surface area contributed by atoms with Gasteiger partial charge in [0.25, 0.3) is 0 Å². The number of hydrogen-bond donors (Lipinski definition) is 1. The lowest BCUT2D eigenvalue weighted by atomic mass is 9.76. The van der Waals surface area contributed by atoms with Crippen molar-refractivity contribution in [2.45, 2.75) is 72.3 Å². The number of hydrogen-bond acceptors (Lipinski definition) is 2. The lowest BCUT2D eigenvalue weighted by Crippen LogP contribution is -2.34. The second-order valence-electron chi connectivity index (χ2n) is 8.22. The SMILES string of the molecule is CCN1CCC(CNC2CCCC(C(C)(C)C)CC2)C1. The van der Waals surface area contributed by atoms with Gasteiger partial charge in [-0.15, -0.1) is 0 Å². The lowest BCUT2D eigenvalue weighted by Gasteiger charge is -2.29.